The van der Waals surface area contributed by atoms with Crippen molar-refractivity contribution in [1.82, 2.24) is 19.8 Å². The first-order chi connectivity index (χ1) is 17.6. The summed E-state index contributed by atoms with van der Waals surface area (Å²) in [5.41, 5.74) is 3.74. The van der Waals surface area contributed by atoms with Crippen molar-refractivity contribution in [3.8, 4) is 5.69 Å². The molecule has 0 unspecified atom stereocenters. The molecule has 2 aromatic carbocycles. The second-order valence-corrected chi connectivity index (χ2v) is 8.93. The van der Waals surface area contributed by atoms with Crippen molar-refractivity contribution in [2.24, 2.45) is 0 Å². The molecule has 0 saturated carbocycles. The maximum absolute atomic E-state index is 11.4. The molecule has 1 aliphatic heterocycles. The van der Waals surface area contributed by atoms with Gasteiger partial charge in [-0.15, -0.1) is 0 Å². The van der Waals surface area contributed by atoms with Crippen LogP contribution in [0.15, 0.2) is 97.3 Å². The monoisotopic (exact) mass is 498 g/mol. The van der Waals surface area contributed by atoms with E-state index in [1.165, 1.54) is 6.07 Å². The van der Waals surface area contributed by atoms with Gasteiger partial charge in [-0.05, 0) is 61.1 Å². The number of non-ortho nitro benzene ring substituents is 1. The average molecular weight is 499 g/mol. The molecule has 1 fully saturated rings. The predicted molar refractivity (Wildman–Crippen MR) is 144 cm³/mol. The van der Waals surface area contributed by atoms with Crippen LogP contribution in [0.25, 0.3) is 5.69 Å². The minimum Gasteiger partial charge on any atom is -0.385 e. The number of hydrogen-bond donors (Lipinski definition) is 2. The van der Waals surface area contributed by atoms with Crippen LogP contribution in [0.2, 0.25) is 0 Å². The lowest BCUT2D eigenvalue weighted by Crippen LogP contribution is -2.32. The van der Waals surface area contributed by atoms with Gasteiger partial charge in [-0.25, -0.2) is 0 Å². The van der Waals surface area contributed by atoms with Crippen molar-refractivity contribution < 1.29 is 4.92 Å². The van der Waals surface area contributed by atoms with Crippen LogP contribution in [-0.2, 0) is 0 Å². The van der Waals surface area contributed by atoms with Crippen molar-refractivity contribution in [1.29, 1.82) is 0 Å². The number of anilines is 1. The van der Waals surface area contributed by atoms with E-state index < -0.39 is 0 Å². The molecule has 3 heterocycles. The molecule has 0 bridgehead atoms. The highest BCUT2D eigenvalue weighted by Gasteiger charge is 2.41. The molecule has 8 nitrogen and oxygen atoms in total. The Labute approximate surface area is 214 Å². The average Bonchev–Trinajstić information content (AvgIpc) is 3.52. The maximum Gasteiger partial charge on any atom is 0.271 e. The van der Waals surface area contributed by atoms with E-state index in [2.05, 4.69) is 20.5 Å². The zero-order valence-corrected chi connectivity index (χ0v) is 20.3. The molecule has 1 aliphatic rings. The Hall–Kier alpha value is -4.24. The van der Waals surface area contributed by atoms with Crippen LogP contribution in [0.1, 0.15) is 29.9 Å². The van der Waals surface area contributed by atoms with E-state index in [0.717, 1.165) is 42.3 Å². The number of thiocarbonyl (C=S) groups is 1. The summed E-state index contributed by atoms with van der Waals surface area (Å²) >= 11 is 5.79. The molecule has 0 amide bonds. The fraction of sp³-hybridized carbons (Fsp3) is 0.185. The highest BCUT2D eigenvalue weighted by atomic mass is 32.1. The zero-order chi connectivity index (χ0) is 24.9. The lowest BCUT2D eigenvalue weighted by Gasteiger charge is -2.29. The second kappa shape index (κ2) is 10.6. The number of nitro groups is 1. The summed E-state index contributed by atoms with van der Waals surface area (Å²) in [6.45, 7) is 1.54. The molecule has 5 rings (SSSR count). The van der Waals surface area contributed by atoms with E-state index in [1.54, 1.807) is 18.3 Å². The van der Waals surface area contributed by atoms with Crippen LogP contribution in [-0.4, -0.2) is 37.6 Å². The van der Waals surface area contributed by atoms with Gasteiger partial charge in [0.2, 0.25) is 0 Å². The minimum absolute atomic E-state index is 0.0531. The van der Waals surface area contributed by atoms with Gasteiger partial charge in [0.15, 0.2) is 5.11 Å². The van der Waals surface area contributed by atoms with Gasteiger partial charge in [0.1, 0.15) is 0 Å². The highest BCUT2D eigenvalue weighted by molar-refractivity contribution is 7.80. The smallest absolute Gasteiger partial charge is 0.271 e. The number of aromatic nitrogens is 2. The van der Waals surface area contributed by atoms with Crippen LogP contribution in [0.3, 0.4) is 0 Å². The summed E-state index contributed by atoms with van der Waals surface area (Å²) in [6, 6.07) is 26.4. The molecule has 0 radical (unpaired) electrons. The van der Waals surface area contributed by atoms with Crippen molar-refractivity contribution in [2.75, 3.05) is 18.4 Å². The SMILES string of the molecule is O=[N+]([O-])c1cccc(-n2cccc2[C@@H]2[C@@H](c3ccccn3)NC(=S)N2CCCNc2ccccc2)c1. The standard InChI is InChI=1S/C27H26N6O2S/c34-33(35)22-12-6-11-21(19-22)31-17-7-14-24(31)26-25(23-13-4-5-15-29-23)30-27(36)32(26)18-8-16-28-20-9-2-1-3-10-20/h1-7,9-15,17,19,25-26,28H,8,16,18H2,(H,30,36)/t25-,26-/m1/s1. The third-order valence-corrected chi connectivity index (χ3v) is 6.63. The van der Waals surface area contributed by atoms with Crippen molar-refractivity contribution in [3.05, 3.63) is 119 Å². The van der Waals surface area contributed by atoms with E-state index >= 15 is 0 Å². The Kier molecular flexibility index (Phi) is 6.90. The zero-order valence-electron chi connectivity index (χ0n) is 19.5. The number of hydrogen-bond acceptors (Lipinski definition) is 5. The fourth-order valence-corrected chi connectivity index (χ4v) is 4.96. The Morgan fingerprint density at radius 2 is 1.86 bits per heavy atom. The Balaban J connectivity index is 1.44. The molecule has 0 aliphatic carbocycles. The van der Waals surface area contributed by atoms with Crippen molar-refractivity contribution in [3.63, 3.8) is 0 Å². The highest BCUT2D eigenvalue weighted by Crippen LogP contribution is 2.39. The summed E-state index contributed by atoms with van der Waals surface area (Å²) in [4.78, 5) is 17.8. The number of pyridine rings is 1. The number of rotatable bonds is 9. The summed E-state index contributed by atoms with van der Waals surface area (Å²) in [5, 5.41) is 19.0. The van der Waals surface area contributed by atoms with Crippen LogP contribution in [0.4, 0.5) is 11.4 Å². The van der Waals surface area contributed by atoms with E-state index in [4.69, 9.17) is 12.2 Å². The normalized spacial score (nSPS) is 17.1. The largest absolute Gasteiger partial charge is 0.385 e. The van der Waals surface area contributed by atoms with Gasteiger partial charge in [-0.1, -0.05) is 30.3 Å². The minimum atomic E-state index is -0.373. The summed E-state index contributed by atoms with van der Waals surface area (Å²) in [6.07, 6.45) is 4.59. The maximum atomic E-state index is 11.4. The third-order valence-electron chi connectivity index (χ3n) is 6.28. The van der Waals surface area contributed by atoms with Gasteiger partial charge in [-0.2, -0.15) is 0 Å². The Bertz CT molecular complexity index is 1340. The second-order valence-electron chi connectivity index (χ2n) is 8.55. The number of nitrogens with one attached hydrogen (secondary N) is 2. The van der Waals surface area contributed by atoms with Crippen LogP contribution in [0.5, 0.6) is 0 Å². The van der Waals surface area contributed by atoms with Crippen LogP contribution in [0, 0.1) is 10.1 Å². The number of nitro benzene ring substituents is 1. The summed E-state index contributed by atoms with van der Waals surface area (Å²) in [5.74, 6) is 0. The molecule has 9 heteroatoms. The van der Waals surface area contributed by atoms with Gasteiger partial charge < -0.3 is 20.1 Å². The lowest BCUT2D eigenvalue weighted by atomic mass is 10.0. The quantitative estimate of drug-likeness (QED) is 0.141. The number of para-hydroxylation sites is 1. The molecule has 36 heavy (non-hydrogen) atoms. The van der Waals surface area contributed by atoms with Gasteiger partial charge in [0, 0.05) is 49.0 Å². The van der Waals surface area contributed by atoms with Crippen LogP contribution < -0.4 is 10.6 Å². The molecular weight excluding hydrogens is 472 g/mol. The molecule has 2 N–H and O–H groups in total. The molecule has 4 aromatic rings. The van der Waals surface area contributed by atoms with Gasteiger partial charge >= 0.3 is 0 Å². The predicted octanol–water partition coefficient (Wildman–Crippen LogP) is 5.26. The first-order valence-electron chi connectivity index (χ1n) is 11.8. The van der Waals surface area contributed by atoms with Gasteiger partial charge in [0.25, 0.3) is 5.69 Å². The fourth-order valence-electron chi connectivity index (χ4n) is 4.63. The molecule has 182 valence electrons. The van der Waals surface area contributed by atoms with Crippen LogP contribution >= 0.6 is 12.2 Å². The van der Waals surface area contributed by atoms with E-state index in [0.29, 0.717) is 5.11 Å². The van der Waals surface area contributed by atoms with E-state index in [-0.39, 0.29) is 22.7 Å². The van der Waals surface area contributed by atoms with Crippen molar-refractivity contribution in [2.45, 2.75) is 18.5 Å². The molecule has 2 atom stereocenters. The van der Waals surface area contributed by atoms with Gasteiger partial charge in [0.05, 0.1) is 28.4 Å². The summed E-state index contributed by atoms with van der Waals surface area (Å²) in [7, 11) is 0. The Morgan fingerprint density at radius 3 is 2.64 bits per heavy atom. The van der Waals surface area contributed by atoms with Crippen molar-refractivity contribution >= 4 is 28.7 Å². The third kappa shape index (κ3) is 4.92. The van der Waals surface area contributed by atoms with Gasteiger partial charge in [-0.3, -0.25) is 15.1 Å². The number of nitrogens with zero attached hydrogens (tertiary/aromatic N) is 4. The first-order valence-corrected chi connectivity index (χ1v) is 12.2. The topological polar surface area (TPSA) is 88.3 Å². The Morgan fingerprint density at radius 1 is 1.03 bits per heavy atom. The number of benzene rings is 2. The summed E-state index contributed by atoms with van der Waals surface area (Å²) < 4.78 is 2.00. The van der Waals surface area contributed by atoms with E-state index in [9.17, 15) is 10.1 Å². The molecule has 2 aromatic heterocycles. The van der Waals surface area contributed by atoms with E-state index in [1.807, 2.05) is 77.5 Å². The molecular formula is C27H26N6O2S. The first kappa shape index (κ1) is 23.5. The molecule has 0 spiro atoms. The lowest BCUT2D eigenvalue weighted by molar-refractivity contribution is -0.384. The molecule has 1 saturated heterocycles.